The molecule has 4 nitrogen and oxygen atoms in total. The Balaban J connectivity index is 1.29. The summed E-state index contributed by atoms with van der Waals surface area (Å²) in [4.78, 5) is 0. The van der Waals surface area contributed by atoms with E-state index in [9.17, 15) is 10.5 Å². The molecule has 0 N–H and O–H groups in total. The van der Waals surface area contributed by atoms with E-state index in [2.05, 4.69) is 137 Å². The van der Waals surface area contributed by atoms with Crippen LogP contribution in [0.5, 0.6) is 0 Å². The summed E-state index contributed by atoms with van der Waals surface area (Å²) in [6, 6.07) is 58.9. The Morgan fingerprint density at radius 2 is 1.00 bits per heavy atom. The first kappa shape index (κ1) is 27.4. The number of para-hydroxylation sites is 4. The zero-order valence-corrected chi connectivity index (χ0v) is 25.8. The second kappa shape index (κ2) is 10.9. The molecule has 0 fully saturated rings. The summed E-state index contributed by atoms with van der Waals surface area (Å²) in [5.41, 5.74) is 11.5. The predicted molar refractivity (Wildman–Crippen MR) is 195 cm³/mol. The van der Waals surface area contributed by atoms with Gasteiger partial charge < -0.3 is 9.13 Å². The number of rotatable bonds is 4. The molecule has 2 aromatic heterocycles. The van der Waals surface area contributed by atoms with Crippen LogP contribution in [-0.4, -0.2) is 9.13 Å². The van der Waals surface area contributed by atoms with Crippen LogP contribution in [0.25, 0.3) is 77.2 Å². The molecule has 0 unspecified atom stereocenters. The Hall–Kier alpha value is -6.88. The lowest BCUT2D eigenvalue weighted by molar-refractivity contribution is 1.18. The zero-order chi connectivity index (χ0) is 32.2. The van der Waals surface area contributed by atoms with Crippen molar-refractivity contribution >= 4 is 43.6 Å². The van der Waals surface area contributed by atoms with Crippen LogP contribution in [0.3, 0.4) is 0 Å². The Morgan fingerprint density at radius 3 is 1.71 bits per heavy atom. The highest BCUT2D eigenvalue weighted by Gasteiger charge is 2.20. The maximum Gasteiger partial charge on any atom is 0.0998 e. The van der Waals surface area contributed by atoms with Gasteiger partial charge in [0.05, 0.1) is 51.0 Å². The molecule has 48 heavy (non-hydrogen) atoms. The lowest BCUT2D eigenvalue weighted by atomic mass is 9.89. The number of hydrogen-bond acceptors (Lipinski definition) is 2. The fourth-order valence-electron chi connectivity index (χ4n) is 7.37. The van der Waals surface area contributed by atoms with Crippen LogP contribution in [0, 0.1) is 22.7 Å². The van der Waals surface area contributed by atoms with Crippen molar-refractivity contribution in [3.8, 4) is 45.8 Å². The number of benzene rings is 7. The number of nitriles is 2. The molecule has 0 aliphatic carbocycles. The van der Waals surface area contributed by atoms with E-state index < -0.39 is 0 Å². The van der Waals surface area contributed by atoms with Gasteiger partial charge in [-0.3, -0.25) is 0 Å². The van der Waals surface area contributed by atoms with Gasteiger partial charge in [-0.2, -0.15) is 10.5 Å². The molecular weight excluding hydrogens is 585 g/mol. The minimum Gasteiger partial charge on any atom is -0.309 e. The number of nitrogens with zero attached hydrogens (tertiary/aromatic N) is 4. The van der Waals surface area contributed by atoms with Crippen LogP contribution in [0.2, 0.25) is 0 Å². The molecule has 9 rings (SSSR count). The first-order valence-electron chi connectivity index (χ1n) is 15.9. The minimum atomic E-state index is 0.618. The van der Waals surface area contributed by atoms with Crippen LogP contribution >= 0.6 is 0 Å². The Kier molecular flexibility index (Phi) is 6.22. The zero-order valence-electron chi connectivity index (χ0n) is 25.8. The van der Waals surface area contributed by atoms with Gasteiger partial charge in [-0.15, -0.1) is 0 Å². The van der Waals surface area contributed by atoms with Gasteiger partial charge in [0, 0.05) is 38.4 Å². The van der Waals surface area contributed by atoms with Crippen molar-refractivity contribution in [2.24, 2.45) is 0 Å². The van der Waals surface area contributed by atoms with E-state index in [1.807, 2.05) is 42.5 Å². The maximum atomic E-state index is 10.5. The van der Waals surface area contributed by atoms with Gasteiger partial charge in [-0.25, -0.2) is 0 Å². The average Bonchev–Trinajstić information content (AvgIpc) is 3.67. The second-order valence-electron chi connectivity index (χ2n) is 12.0. The molecule has 9 aromatic rings. The largest absolute Gasteiger partial charge is 0.309 e. The van der Waals surface area contributed by atoms with Gasteiger partial charge >= 0.3 is 0 Å². The van der Waals surface area contributed by atoms with Gasteiger partial charge in [-0.05, 0) is 71.8 Å². The summed E-state index contributed by atoms with van der Waals surface area (Å²) in [6.45, 7) is 0. The highest BCUT2D eigenvalue weighted by molar-refractivity contribution is 6.11. The lowest BCUT2D eigenvalue weighted by Gasteiger charge is -2.18. The molecule has 0 aliphatic rings. The van der Waals surface area contributed by atoms with Gasteiger partial charge in [0.15, 0.2) is 0 Å². The maximum absolute atomic E-state index is 10.5. The summed E-state index contributed by atoms with van der Waals surface area (Å²) in [5.74, 6) is 0. The van der Waals surface area contributed by atoms with Crippen LogP contribution in [-0.2, 0) is 0 Å². The number of aromatic nitrogens is 2. The minimum absolute atomic E-state index is 0.618. The molecule has 7 aromatic carbocycles. The molecule has 0 aliphatic heterocycles. The van der Waals surface area contributed by atoms with Crippen molar-refractivity contribution < 1.29 is 0 Å². The fraction of sp³-hybridized carbons (Fsp3) is 0. The summed E-state index contributed by atoms with van der Waals surface area (Å²) in [6.07, 6.45) is 0. The fourth-order valence-corrected chi connectivity index (χ4v) is 7.37. The Morgan fingerprint density at radius 1 is 0.417 bits per heavy atom. The number of fused-ring (bicyclic) bond motifs is 6. The van der Waals surface area contributed by atoms with Crippen molar-refractivity contribution in [3.05, 3.63) is 169 Å². The Bertz CT molecular complexity index is 2760. The highest BCUT2D eigenvalue weighted by Crippen LogP contribution is 2.42. The van der Waals surface area contributed by atoms with E-state index >= 15 is 0 Å². The molecule has 4 heteroatoms. The summed E-state index contributed by atoms with van der Waals surface area (Å²) >= 11 is 0. The topological polar surface area (TPSA) is 57.4 Å². The van der Waals surface area contributed by atoms with Crippen molar-refractivity contribution in [2.45, 2.75) is 0 Å². The normalized spacial score (nSPS) is 11.3. The third-order valence-electron chi connectivity index (χ3n) is 9.40. The molecule has 0 bridgehead atoms. The third-order valence-corrected chi connectivity index (χ3v) is 9.40. The molecule has 0 spiro atoms. The molecule has 0 amide bonds. The SMILES string of the molecule is N#Cc1ccc2c(c1)c1ccccc1n2-c1cccc(-c2cccc(C#N)c2-c2ccccc2-n2c3ccccc3c3ccccc32)c1. The quantitative estimate of drug-likeness (QED) is 0.199. The van der Waals surface area contributed by atoms with Crippen molar-refractivity contribution in [2.75, 3.05) is 0 Å². The van der Waals surface area contributed by atoms with Gasteiger partial charge in [0.1, 0.15) is 0 Å². The molecule has 0 saturated carbocycles. The lowest BCUT2D eigenvalue weighted by Crippen LogP contribution is -2.00. The predicted octanol–water partition coefficient (Wildman–Crippen LogP) is 11.0. The highest BCUT2D eigenvalue weighted by atomic mass is 15.0. The van der Waals surface area contributed by atoms with Gasteiger partial charge in [0.25, 0.3) is 0 Å². The molecule has 0 radical (unpaired) electrons. The van der Waals surface area contributed by atoms with E-state index in [0.717, 1.165) is 66.5 Å². The van der Waals surface area contributed by atoms with E-state index in [1.165, 1.54) is 10.8 Å². The average molecular weight is 611 g/mol. The summed E-state index contributed by atoms with van der Waals surface area (Å²) in [5, 5.41) is 24.7. The summed E-state index contributed by atoms with van der Waals surface area (Å²) in [7, 11) is 0. The van der Waals surface area contributed by atoms with Crippen molar-refractivity contribution in [3.63, 3.8) is 0 Å². The van der Waals surface area contributed by atoms with Crippen LogP contribution < -0.4 is 0 Å². The first-order chi connectivity index (χ1) is 23.7. The van der Waals surface area contributed by atoms with Gasteiger partial charge in [-0.1, -0.05) is 97.1 Å². The van der Waals surface area contributed by atoms with Crippen LogP contribution in [0.4, 0.5) is 0 Å². The van der Waals surface area contributed by atoms with Crippen LogP contribution in [0.15, 0.2) is 158 Å². The standard InChI is InChI=1S/C44H26N4/c45-27-29-23-24-43-38(25-29)36-16-3-5-19-39(36)47(43)32-13-9-11-30(26-32)33-18-10-12-31(28-46)44(33)37-17-4-8-22-42(37)48-40-20-6-1-14-34(40)35-15-2-7-21-41(35)48/h1-26H. The van der Waals surface area contributed by atoms with Crippen molar-refractivity contribution in [1.82, 2.24) is 9.13 Å². The van der Waals surface area contributed by atoms with E-state index in [0.29, 0.717) is 11.1 Å². The van der Waals surface area contributed by atoms with Crippen molar-refractivity contribution in [1.29, 1.82) is 10.5 Å². The van der Waals surface area contributed by atoms with Crippen LogP contribution in [0.1, 0.15) is 11.1 Å². The molecule has 2 heterocycles. The Labute approximate surface area is 277 Å². The smallest absolute Gasteiger partial charge is 0.0998 e. The first-order valence-corrected chi connectivity index (χ1v) is 15.9. The molecular formula is C44H26N4. The van der Waals surface area contributed by atoms with E-state index in [4.69, 9.17) is 0 Å². The summed E-state index contributed by atoms with van der Waals surface area (Å²) < 4.78 is 4.58. The van der Waals surface area contributed by atoms with E-state index in [1.54, 1.807) is 0 Å². The monoisotopic (exact) mass is 610 g/mol. The number of hydrogen-bond donors (Lipinski definition) is 0. The van der Waals surface area contributed by atoms with Gasteiger partial charge in [0.2, 0.25) is 0 Å². The second-order valence-corrected chi connectivity index (χ2v) is 12.0. The third kappa shape index (κ3) is 4.07. The molecule has 222 valence electrons. The molecule has 0 saturated heterocycles. The van der Waals surface area contributed by atoms with E-state index in [-0.39, 0.29) is 0 Å². The molecule has 0 atom stereocenters.